The molecule has 34 heavy (non-hydrogen) atoms. The van der Waals surface area contributed by atoms with Gasteiger partial charge in [0, 0.05) is 23.3 Å². The van der Waals surface area contributed by atoms with Gasteiger partial charge in [-0.25, -0.2) is 26.9 Å². The van der Waals surface area contributed by atoms with Gasteiger partial charge in [0.1, 0.15) is 22.3 Å². The number of anilines is 3. The molecule has 0 amide bonds. The molecule has 4 rings (SSSR count). The van der Waals surface area contributed by atoms with Gasteiger partial charge in [-0.05, 0) is 43.3 Å². The Kier molecular flexibility index (Phi) is 6.03. The summed E-state index contributed by atoms with van der Waals surface area (Å²) in [4.78, 5) is 3.14. The van der Waals surface area contributed by atoms with Gasteiger partial charge in [0.25, 0.3) is 10.0 Å². The van der Waals surface area contributed by atoms with Crippen LogP contribution in [-0.2, 0) is 16.2 Å². The third kappa shape index (κ3) is 4.87. The van der Waals surface area contributed by atoms with E-state index in [1.165, 1.54) is 30.6 Å². The Hall–Kier alpha value is -3.52. The minimum atomic E-state index is -4.86. The molecule has 0 saturated carbocycles. The smallest absolute Gasteiger partial charge is 0.340 e. The van der Waals surface area contributed by atoms with Crippen LogP contribution < -0.4 is 10.0 Å². The third-order valence-electron chi connectivity index (χ3n) is 4.47. The molecule has 0 saturated heterocycles. The number of hydrogen-bond donors (Lipinski definition) is 2. The van der Waals surface area contributed by atoms with E-state index in [-0.39, 0.29) is 16.6 Å². The molecule has 0 aliphatic heterocycles. The van der Waals surface area contributed by atoms with Crippen molar-refractivity contribution < 1.29 is 30.4 Å². The van der Waals surface area contributed by atoms with E-state index in [9.17, 15) is 30.4 Å². The average Bonchev–Trinajstić information content (AvgIpc) is 3.36. The van der Waals surface area contributed by atoms with Gasteiger partial charge in [-0.1, -0.05) is 0 Å². The molecule has 0 fully saturated rings. The second-order valence-corrected chi connectivity index (χ2v) is 9.50. The van der Waals surface area contributed by atoms with E-state index in [2.05, 4.69) is 20.1 Å². The van der Waals surface area contributed by atoms with Crippen molar-refractivity contribution in [1.29, 1.82) is 0 Å². The lowest BCUT2D eigenvalue weighted by Gasteiger charge is -2.16. The molecule has 0 atom stereocenters. The summed E-state index contributed by atoms with van der Waals surface area (Å²) in [6, 6.07) is 6.65. The van der Waals surface area contributed by atoms with E-state index in [0.29, 0.717) is 11.8 Å². The predicted molar refractivity (Wildman–Crippen MR) is 116 cm³/mol. The van der Waals surface area contributed by atoms with Crippen LogP contribution in [0.25, 0.3) is 5.69 Å². The van der Waals surface area contributed by atoms with Gasteiger partial charge >= 0.3 is 6.18 Å². The van der Waals surface area contributed by atoms with Gasteiger partial charge in [0.05, 0.1) is 16.9 Å². The number of rotatable bonds is 6. The van der Waals surface area contributed by atoms with E-state index in [0.717, 1.165) is 40.3 Å². The molecule has 2 aromatic heterocycles. The van der Waals surface area contributed by atoms with Crippen molar-refractivity contribution in [2.24, 2.45) is 0 Å². The molecule has 0 unspecified atom stereocenters. The minimum absolute atomic E-state index is 0.0190. The molecule has 178 valence electrons. The summed E-state index contributed by atoms with van der Waals surface area (Å²) in [5.74, 6) is -2.15. The van der Waals surface area contributed by atoms with Gasteiger partial charge in [-0.3, -0.25) is 4.72 Å². The molecule has 14 heteroatoms. The summed E-state index contributed by atoms with van der Waals surface area (Å²) >= 11 is 1.01. The highest BCUT2D eigenvalue weighted by atomic mass is 32.2. The predicted octanol–water partition coefficient (Wildman–Crippen LogP) is 5.48. The monoisotopic (exact) mass is 515 g/mol. The Balaban J connectivity index is 1.68. The number of hydrogen-bond acceptors (Lipinski definition) is 6. The fraction of sp³-hybridized carbons (Fsp3) is 0.100. The van der Waals surface area contributed by atoms with Crippen LogP contribution in [0.1, 0.15) is 11.3 Å². The maximum Gasteiger partial charge on any atom is 0.418 e. The Morgan fingerprint density at radius 2 is 1.82 bits per heavy atom. The van der Waals surface area contributed by atoms with Crippen LogP contribution in [0.4, 0.5) is 38.6 Å². The molecule has 4 aromatic rings. The number of halogens is 5. The molecular formula is C20H14F5N5O2S2. The molecular weight excluding hydrogens is 501 g/mol. The lowest BCUT2D eigenvalue weighted by atomic mass is 10.1. The highest BCUT2D eigenvalue weighted by molar-refractivity contribution is 7.93. The topological polar surface area (TPSA) is 88.9 Å². The zero-order chi connectivity index (χ0) is 24.7. The molecule has 0 aliphatic carbocycles. The van der Waals surface area contributed by atoms with E-state index < -0.39 is 44.0 Å². The highest BCUT2D eigenvalue weighted by Crippen LogP contribution is 2.36. The zero-order valence-electron chi connectivity index (χ0n) is 17.1. The first-order valence-corrected chi connectivity index (χ1v) is 11.7. The fourth-order valence-corrected chi connectivity index (χ4v) is 4.93. The van der Waals surface area contributed by atoms with Crippen LogP contribution in [0.5, 0.6) is 0 Å². The van der Waals surface area contributed by atoms with E-state index in [1.54, 1.807) is 0 Å². The Morgan fingerprint density at radius 1 is 1.06 bits per heavy atom. The first kappa shape index (κ1) is 23.6. The largest absolute Gasteiger partial charge is 0.418 e. The van der Waals surface area contributed by atoms with Crippen LogP contribution in [0.2, 0.25) is 0 Å². The normalized spacial score (nSPS) is 12.1. The van der Waals surface area contributed by atoms with Crippen molar-refractivity contribution in [2.75, 3.05) is 10.0 Å². The minimum Gasteiger partial charge on any atom is -0.340 e. The molecule has 7 nitrogen and oxygen atoms in total. The van der Waals surface area contributed by atoms with Crippen LogP contribution in [-0.4, -0.2) is 23.2 Å². The number of benzene rings is 2. The van der Waals surface area contributed by atoms with E-state index in [1.807, 2.05) is 0 Å². The number of thiazole rings is 1. The fourth-order valence-electron chi connectivity index (χ4n) is 3.08. The Morgan fingerprint density at radius 3 is 2.47 bits per heavy atom. The van der Waals surface area contributed by atoms with Crippen LogP contribution >= 0.6 is 11.3 Å². The van der Waals surface area contributed by atoms with Crippen molar-refractivity contribution in [3.8, 4) is 5.69 Å². The second-order valence-electron chi connectivity index (χ2n) is 6.95. The van der Waals surface area contributed by atoms with Crippen LogP contribution in [0.15, 0.2) is 58.9 Å². The number of aromatic nitrogens is 3. The van der Waals surface area contributed by atoms with E-state index >= 15 is 0 Å². The highest BCUT2D eigenvalue weighted by Gasteiger charge is 2.35. The number of nitrogens with one attached hydrogen (secondary N) is 2. The third-order valence-corrected chi connectivity index (χ3v) is 6.66. The first-order valence-electron chi connectivity index (χ1n) is 9.37. The summed E-state index contributed by atoms with van der Waals surface area (Å²) in [5, 5.41) is 8.35. The summed E-state index contributed by atoms with van der Waals surface area (Å²) in [6.45, 7) is 1.53. The quantitative estimate of drug-likeness (QED) is 0.332. The molecule has 2 heterocycles. The van der Waals surface area contributed by atoms with Crippen molar-refractivity contribution in [3.05, 3.63) is 76.9 Å². The van der Waals surface area contributed by atoms with Crippen molar-refractivity contribution in [2.45, 2.75) is 18.0 Å². The summed E-state index contributed by atoms with van der Waals surface area (Å²) in [5.41, 5.74) is -1.33. The number of nitrogens with zero attached hydrogens (tertiary/aromatic N) is 3. The standard InChI is InChI=1S/C20H14F5N5O2S2/c1-11-8-18(30(28-11)16-4-2-12(21)9-14(16)20(23,24)25)27-13-3-5-17(15(22)10-13)34(31,32)29-19-26-6-7-33-19/h2-10,27H,1H3,(H,26,29). The maximum absolute atomic E-state index is 14.7. The van der Waals surface area contributed by atoms with Gasteiger partial charge < -0.3 is 5.32 Å². The van der Waals surface area contributed by atoms with Crippen molar-refractivity contribution in [1.82, 2.24) is 14.8 Å². The molecule has 0 spiro atoms. The molecule has 0 radical (unpaired) electrons. The molecule has 2 N–H and O–H groups in total. The summed E-state index contributed by atoms with van der Waals surface area (Å²) < 4.78 is 96.5. The summed E-state index contributed by atoms with van der Waals surface area (Å²) in [6.07, 6.45) is -3.48. The van der Waals surface area contributed by atoms with Crippen molar-refractivity contribution >= 4 is 38.0 Å². The van der Waals surface area contributed by atoms with E-state index in [4.69, 9.17) is 0 Å². The summed E-state index contributed by atoms with van der Waals surface area (Å²) in [7, 11) is -4.26. The zero-order valence-corrected chi connectivity index (χ0v) is 18.7. The molecule has 0 bridgehead atoms. The van der Waals surface area contributed by atoms with Gasteiger partial charge in [-0.15, -0.1) is 11.3 Å². The average molecular weight is 515 g/mol. The lowest BCUT2D eigenvalue weighted by molar-refractivity contribution is -0.137. The van der Waals surface area contributed by atoms with Gasteiger partial charge in [0.2, 0.25) is 0 Å². The van der Waals surface area contributed by atoms with Crippen LogP contribution in [0.3, 0.4) is 0 Å². The second kappa shape index (κ2) is 8.68. The maximum atomic E-state index is 14.7. The first-order chi connectivity index (χ1) is 15.9. The SMILES string of the molecule is Cc1cc(Nc2ccc(S(=O)(=O)Nc3nccs3)c(F)c2)n(-c2ccc(F)cc2C(F)(F)F)n1. The lowest BCUT2D eigenvalue weighted by Crippen LogP contribution is -2.15. The Labute approximate surface area is 193 Å². The van der Waals surface area contributed by atoms with Gasteiger partial charge in [0.15, 0.2) is 5.13 Å². The Bertz CT molecular complexity index is 1450. The number of alkyl halides is 3. The molecule has 2 aromatic carbocycles. The molecule has 0 aliphatic rings. The number of sulfonamides is 1. The van der Waals surface area contributed by atoms with Crippen molar-refractivity contribution in [3.63, 3.8) is 0 Å². The number of aryl methyl sites for hydroxylation is 1. The van der Waals surface area contributed by atoms with Gasteiger partial charge in [-0.2, -0.15) is 18.3 Å². The van der Waals surface area contributed by atoms with Crippen LogP contribution in [0, 0.1) is 18.6 Å².